The van der Waals surface area contributed by atoms with Gasteiger partial charge in [0, 0.05) is 34.4 Å². The molecule has 1 heterocycles. The Kier molecular flexibility index (Phi) is 7.61. The van der Waals surface area contributed by atoms with Crippen molar-refractivity contribution in [2.45, 2.75) is 0 Å². The summed E-state index contributed by atoms with van der Waals surface area (Å²) in [5.41, 5.74) is -0.671. The van der Waals surface area contributed by atoms with Crippen LogP contribution in [0, 0.1) is 0 Å². The van der Waals surface area contributed by atoms with Gasteiger partial charge in [-0.05, 0) is 36.4 Å². The van der Waals surface area contributed by atoms with Gasteiger partial charge in [-0.3, -0.25) is 19.2 Å². The topological polar surface area (TPSA) is 124 Å². The van der Waals surface area contributed by atoms with Crippen LogP contribution in [0.1, 0.15) is 41.4 Å². The van der Waals surface area contributed by atoms with Gasteiger partial charge in [0.2, 0.25) is 23.1 Å². The second-order valence-corrected chi connectivity index (χ2v) is 8.06. The number of fused-ring (bicyclic) bond motifs is 1. The van der Waals surface area contributed by atoms with Crippen molar-refractivity contribution in [3.05, 3.63) is 70.8 Å². The van der Waals surface area contributed by atoms with E-state index >= 15 is 0 Å². The first kappa shape index (κ1) is 26.2. The third-order valence-electron chi connectivity index (χ3n) is 5.81. The Morgan fingerprint density at radius 2 is 0.816 bits per heavy atom. The minimum atomic E-state index is -1.03. The first-order chi connectivity index (χ1) is 18.3. The van der Waals surface area contributed by atoms with Crippen LogP contribution in [-0.2, 0) is 0 Å². The zero-order valence-corrected chi connectivity index (χ0v) is 21.1. The van der Waals surface area contributed by atoms with Crippen molar-refractivity contribution in [1.82, 2.24) is 0 Å². The fourth-order valence-corrected chi connectivity index (χ4v) is 3.85. The fourth-order valence-electron chi connectivity index (χ4n) is 3.85. The van der Waals surface area contributed by atoms with Crippen molar-refractivity contribution in [3.63, 3.8) is 0 Å². The maximum Gasteiger partial charge on any atom is 0.234 e. The van der Waals surface area contributed by atoms with E-state index in [1.54, 1.807) is 12.1 Å². The van der Waals surface area contributed by atoms with Crippen LogP contribution in [0.4, 0.5) is 0 Å². The molecule has 38 heavy (non-hydrogen) atoms. The molecule has 0 amide bonds. The van der Waals surface area contributed by atoms with Gasteiger partial charge < -0.3 is 28.4 Å². The second kappa shape index (κ2) is 11.0. The molecular weight excluding hydrogens is 496 g/mol. The van der Waals surface area contributed by atoms with Gasteiger partial charge in [0.1, 0.15) is 36.2 Å². The highest BCUT2D eigenvalue weighted by molar-refractivity contribution is 6.54. The van der Waals surface area contributed by atoms with Crippen molar-refractivity contribution in [2.24, 2.45) is 0 Å². The number of ether oxygens (including phenoxy) is 6. The van der Waals surface area contributed by atoms with Gasteiger partial charge in [-0.2, -0.15) is 0 Å². The Morgan fingerprint density at radius 3 is 1.11 bits per heavy atom. The molecule has 0 saturated heterocycles. The molecule has 10 nitrogen and oxygen atoms in total. The normalized spacial score (nSPS) is 11.8. The van der Waals surface area contributed by atoms with Crippen molar-refractivity contribution in [3.8, 4) is 34.5 Å². The van der Waals surface area contributed by atoms with E-state index in [1.165, 1.54) is 64.8 Å². The quantitative estimate of drug-likeness (QED) is 0.289. The maximum atomic E-state index is 13.5. The van der Waals surface area contributed by atoms with Crippen LogP contribution in [0.15, 0.2) is 48.5 Å². The van der Waals surface area contributed by atoms with E-state index in [-0.39, 0.29) is 47.0 Å². The molecule has 3 aromatic carbocycles. The van der Waals surface area contributed by atoms with E-state index < -0.39 is 23.1 Å². The standard InChI is InChI=1S/C28H24O10/c1-33-17-7-15(8-18(11-17)34-2)25(29)27(31)21-13-23-24(38-6-5-37-23)14-22(21)28(32)26(30)16-9-19(35-3)12-20(10-16)36-4/h7-14H,5-6H2,1-4H3. The van der Waals surface area contributed by atoms with Gasteiger partial charge in [-0.15, -0.1) is 0 Å². The molecule has 0 atom stereocenters. The van der Waals surface area contributed by atoms with Crippen LogP contribution in [0.25, 0.3) is 0 Å². The molecule has 3 aromatic rings. The number of methoxy groups -OCH3 is 4. The fraction of sp³-hybridized carbons (Fsp3) is 0.214. The summed E-state index contributed by atoms with van der Waals surface area (Å²) >= 11 is 0. The number of benzene rings is 3. The van der Waals surface area contributed by atoms with Gasteiger partial charge >= 0.3 is 0 Å². The Morgan fingerprint density at radius 1 is 0.500 bits per heavy atom. The van der Waals surface area contributed by atoms with E-state index in [2.05, 4.69) is 0 Å². The molecule has 0 saturated carbocycles. The third kappa shape index (κ3) is 5.15. The zero-order valence-electron chi connectivity index (χ0n) is 21.1. The van der Waals surface area contributed by atoms with Crippen LogP contribution < -0.4 is 28.4 Å². The monoisotopic (exact) mass is 520 g/mol. The predicted molar refractivity (Wildman–Crippen MR) is 134 cm³/mol. The SMILES string of the molecule is COc1cc(OC)cc(C(=O)C(=O)c2cc3c(cc2C(=O)C(=O)c2cc(OC)cc(OC)c2)OCCO3)c1. The van der Waals surface area contributed by atoms with Crippen molar-refractivity contribution < 1.29 is 47.6 Å². The average Bonchev–Trinajstić information content (AvgIpc) is 2.98. The van der Waals surface area contributed by atoms with E-state index in [4.69, 9.17) is 28.4 Å². The van der Waals surface area contributed by atoms with Crippen LogP contribution in [-0.4, -0.2) is 64.8 Å². The summed E-state index contributed by atoms with van der Waals surface area (Å²) in [6.45, 7) is 0.412. The Bertz CT molecular complexity index is 1290. The summed E-state index contributed by atoms with van der Waals surface area (Å²) in [7, 11) is 5.62. The highest BCUT2D eigenvalue weighted by Gasteiger charge is 2.31. The number of Topliss-reactive ketones (excluding diaryl/α,β-unsaturated/α-hetero) is 4. The lowest BCUT2D eigenvalue weighted by Gasteiger charge is -2.20. The molecule has 4 rings (SSSR count). The summed E-state index contributed by atoms with van der Waals surface area (Å²) < 4.78 is 31.9. The molecule has 0 fully saturated rings. The van der Waals surface area contributed by atoms with Crippen LogP contribution in [0.5, 0.6) is 34.5 Å². The van der Waals surface area contributed by atoms with Crippen LogP contribution in [0.2, 0.25) is 0 Å². The number of ketones is 4. The first-order valence-corrected chi connectivity index (χ1v) is 11.4. The van der Waals surface area contributed by atoms with E-state index in [9.17, 15) is 19.2 Å². The minimum absolute atomic E-state index is 0.0247. The number of hydrogen-bond acceptors (Lipinski definition) is 10. The molecule has 0 radical (unpaired) electrons. The Labute approximate surface area is 218 Å². The summed E-state index contributed by atoms with van der Waals surface area (Å²) in [4.78, 5) is 53.5. The lowest BCUT2D eigenvalue weighted by Crippen LogP contribution is -2.24. The summed E-state index contributed by atoms with van der Waals surface area (Å²) in [6.07, 6.45) is 0. The van der Waals surface area contributed by atoms with Crippen molar-refractivity contribution in [1.29, 1.82) is 0 Å². The number of carbonyl (C=O) groups is 4. The second-order valence-electron chi connectivity index (χ2n) is 8.06. The van der Waals surface area contributed by atoms with Crippen LogP contribution in [0.3, 0.4) is 0 Å². The molecule has 1 aliphatic heterocycles. The van der Waals surface area contributed by atoms with Crippen molar-refractivity contribution in [2.75, 3.05) is 41.7 Å². The number of hydrogen-bond donors (Lipinski definition) is 0. The lowest BCUT2D eigenvalue weighted by molar-refractivity contribution is 0.0799. The van der Waals surface area contributed by atoms with E-state index in [1.807, 2.05) is 0 Å². The highest BCUT2D eigenvalue weighted by Crippen LogP contribution is 2.35. The molecule has 0 aromatic heterocycles. The zero-order chi connectivity index (χ0) is 27.4. The molecule has 196 valence electrons. The molecule has 0 bridgehead atoms. The van der Waals surface area contributed by atoms with E-state index in [0.29, 0.717) is 23.0 Å². The van der Waals surface area contributed by atoms with Crippen molar-refractivity contribution >= 4 is 23.1 Å². The third-order valence-corrected chi connectivity index (χ3v) is 5.81. The highest BCUT2D eigenvalue weighted by atomic mass is 16.6. The van der Waals surface area contributed by atoms with Gasteiger partial charge in [-0.1, -0.05) is 0 Å². The Balaban J connectivity index is 1.79. The summed E-state index contributed by atoms with van der Waals surface area (Å²) in [5, 5.41) is 0. The number of rotatable bonds is 10. The first-order valence-electron chi connectivity index (χ1n) is 11.4. The minimum Gasteiger partial charge on any atom is -0.497 e. The largest absolute Gasteiger partial charge is 0.497 e. The van der Waals surface area contributed by atoms with Gasteiger partial charge in [0.25, 0.3) is 0 Å². The summed E-state index contributed by atoms with van der Waals surface area (Å²) in [6, 6.07) is 11.0. The molecule has 1 aliphatic rings. The maximum absolute atomic E-state index is 13.5. The number of carbonyl (C=O) groups excluding carboxylic acids is 4. The predicted octanol–water partition coefficient (Wildman–Crippen LogP) is 3.62. The molecule has 0 aliphatic carbocycles. The van der Waals surface area contributed by atoms with E-state index in [0.717, 1.165) is 0 Å². The van der Waals surface area contributed by atoms with Gasteiger partial charge in [-0.25, -0.2) is 0 Å². The van der Waals surface area contributed by atoms with Gasteiger partial charge in [0.15, 0.2) is 11.5 Å². The molecule has 0 N–H and O–H groups in total. The van der Waals surface area contributed by atoms with Gasteiger partial charge in [0.05, 0.1) is 28.4 Å². The van der Waals surface area contributed by atoms with Crippen LogP contribution >= 0.6 is 0 Å². The molecule has 0 spiro atoms. The summed E-state index contributed by atoms with van der Waals surface area (Å²) in [5.74, 6) is -2.44. The lowest BCUT2D eigenvalue weighted by atomic mass is 9.91. The smallest absolute Gasteiger partial charge is 0.234 e. The average molecular weight is 520 g/mol. The molecule has 0 unspecified atom stereocenters. The molecule has 10 heteroatoms. The molecular formula is C28H24O10. The Hall–Kier alpha value is -4.86.